The molecule has 5 nitrogen and oxygen atoms in total. The van der Waals surface area contributed by atoms with E-state index in [4.69, 9.17) is 4.74 Å². The van der Waals surface area contributed by atoms with Crippen LogP contribution in [0.5, 0.6) is 5.75 Å². The van der Waals surface area contributed by atoms with Crippen LogP contribution in [0.1, 0.15) is 23.7 Å². The quantitative estimate of drug-likeness (QED) is 0.230. The zero-order chi connectivity index (χ0) is 24.8. The molecule has 2 N–H and O–H groups in total. The number of amides is 2. The zero-order valence-corrected chi connectivity index (χ0v) is 18.9. The number of carbonyl (C=O) groups excluding carboxylic acids is 2. The third-order valence-corrected chi connectivity index (χ3v) is 6.10. The van der Waals surface area contributed by atoms with E-state index in [9.17, 15) is 27.2 Å². The summed E-state index contributed by atoms with van der Waals surface area (Å²) in [6.45, 7) is 1.67. The fourth-order valence-corrected chi connectivity index (χ4v) is 3.98. The number of rotatable bonds is 8. The first-order chi connectivity index (χ1) is 16.2. The Morgan fingerprint density at radius 1 is 0.941 bits per heavy atom. The number of nitrogens with one attached hydrogen (secondary N) is 2. The molecule has 0 saturated carbocycles. The highest BCUT2D eigenvalue weighted by Gasteiger charge is 2.25. The number of hydrogen-bond acceptors (Lipinski definition) is 4. The molecule has 3 rings (SSSR count). The molecule has 0 bridgehead atoms. The van der Waals surface area contributed by atoms with E-state index in [1.807, 2.05) is 5.32 Å². The number of carbonyl (C=O) groups is 2. The number of benzene rings is 3. The number of hydrogen-bond donors (Lipinski definition) is 2. The molecule has 0 aliphatic heterocycles. The molecule has 0 radical (unpaired) electrons. The second-order valence-corrected chi connectivity index (χ2v) is 8.33. The summed E-state index contributed by atoms with van der Waals surface area (Å²) in [5.41, 5.74) is -0.302. The van der Waals surface area contributed by atoms with E-state index in [1.165, 1.54) is 7.11 Å². The van der Waals surface area contributed by atoms with Crippen LogP contribution in [0, 0.1) is 23.3 Å². The Bertz CT molecular complexity index is 1180. The van der Waals surface area contributed by atoms with Gasteiger partial charge in [-0.15, -0.1) is 11.8 Å². The van der Waals surface area contributed by atoms with Crippen molar-refractivity contribution in [3.05, 3.63) is 83.4 Å². The summed E-state index contributed by atoms with van der Waals surface area (Å²) in [7, 11) is 1.52. The Balaban J connectivity index is 1.71. The molecule has 3 aromatic carbocycles. The van der Waals surface area contributed by atoms with Gasteiger partial charge in [-0.2, -0.15) is 0 Å². The molecule has 34 heavy (non-hydrogen) atoms. The maximum atomic E-state index is 13.9. The Hall–Kier alpha value is -3.53. The van der Waals surface area contributed by atoms with Crippen LogP contribution in [0.2, 0.25) is 0 Å². The summed E-state index contributed by atoms with van der Waals surface area (Å²) in [5, 5.41) is 3.85. The summed E-state index contributed by atoms with van der Waals surface area (Å²) >= 11 is 1.07. The largest absolute Gasteiger partial charge is 0.497 e. The molecule has 0 spiro atoms. The highest BCUT2D eigenvalue weighted by molar-refractivity contribution is 8.00. The zero-order valence-electron chi connectivity index (χ0n) is 18.1. The predicted molar refractivity (Wildman–Crippen MR) is 122 cm³/mol. The van der Waals surface area contributed by atoms with Gasteiger partial charge in [-0.25, -0.2) is 17.6 Å². The lowest BCUT2D eigenvalue weighted by Gasteiger charge is -2.16. The van der Waals surface area contributed by atoms with Crippen molar-refractivity contribution in [2.24, 2.45) is 0 Å². The van der Waals surface area contributed by atoms with Gasteiger partial charge in [0.15, 0.2) is 23.3 Å². The normalized spacial score (nSPS) is 11.6. The van der Waals surface area contributed by atoms with Crippen LogP contribution in [-0.2, 0) is 4.79 Å². The van der Waals surface area contributed by atoms with Gasteiger partial charge < -0.3 is 15.4 Å². The fourth-order valence-electron chi connectivity index (χ4n) is 2.97. The van der Waals surface area contributed by atoms with Crippen LogP contribution in [0.3, 0.4) is 0 Å². The number of anilines is 2. The second-order valence-electron chi connectivity index (χ2n) is 7.06. The van der Waals surface area contributed by atoms with Crippen molar-refractivity contribution in [3.8, 4) is 5.75 Å². The average Bonchev–Trinajstić information content (AvgIpc) is 2.84. The molecule has 1 unspecified atom stereocenters. The lowest BCUT2D eigenvalue weighted by molar-refractivity contribution is -0.115. The highest BCUT2D eigenvalue weighted by Crippen LogP contribution is 2.30. The minimum atomic E-state index is -1.68. The van der Waals surface area contributed by atoms with Gasteiger partial charge in [-0.1, -0.05) is 13.0 Å². The van der Waals surface area contributed by atoms with Gasteiger partial charge in [0.2, 0.25) is 5.91 Å². The summed E-state index contributed by atoms with van der Waals surface area (Å²) in [5.74, 6) is -7.17. The maximum Gasteiger partial charge on any atom is 0.255 e. The minimum absolute atomic E-state index is 0.0676. The van der Waals surface area contributed by atoms with Crippen molar-refractivity contribution in [1.82, 2.24) is 0 Å². The van der Waals surface area contributed by atoms with Gasteiger partial charge in [-0.05, 0) is 48.9 Å². The summed E-state index contributed by atoms with van der Waals surface area (Å²) in [4.78, 5) is 25.6. The van der Waals surface area contributed by atoms with Gasteiger partial charge in [0.05, 0.1) is 12.4 Å². The van der Waals surface area contributed by atoms with Gasteiger partial charge in [0.25, 0.3) is 5.91 Å². The number of halogens is 4. The van der Waals surface area contributed by atoms with Crippen LogP contribution in [0.15, 0.2) is 59.5 Å². The molecule has 0 fully saturated rings. The number of thioether (sulfide) groups is 1. The van der Waals surface area contributed by atoms with Gasteiger partial charge in [0.1, 0.15) is 11.4 Å². The summed E-state index contributed by atoms with van der Waals surface area (Å²) in [6.07, 6.45) is 0.250. The molecule has 0 aliphatic carbocycles. The molecule has 0 heterocycles. The first kappa shape index (κ1) is 25.1. The van der Waals surface area contributed by atoms with Crippen LogP contribution < -0.4 is 15.4 Å². The van der Waals surface area contributed by atoms with Crippen LogP contribution in [-0.4, -0.2) is 24.2 Å². The molecular formula is C24H20F4N2O3S. The molecule has 0 aliphatic rings. The van der Waals surface area contributed by atoms with Crippen molar-refractivity contribution >= 4 is 35.0 Å². The molecule has 1 atom stereocenters. The van der Waals surface area contributed by atoms with Crippen molar-refractivity contribution in [1.29, 1.82) is 0 Å². The Kier molecular flexibility index (Phi) is 8.17. The van der Waals surface area contributed by atoms with Crippen LogP contribution in [0.4, 0.5) is 28.9 Å². The molecular weight excluding hydrogens is 472 g/mol. The lowest BCUT2D eigenvalue weighted by atomic mass is 10.2. The third kappa shape index (κ3) is 5.88. The van der Waals surface area contributed by atoms with Gasteiger partial charge in [-0.3, -0.25) is 9.59 Å². The molecule has 2 amide bonds. The van der Waals surface area contributed by atoms with E-state index in [1.54, 1.807) is 55.5 Å². The summed E-state index contributed by atoms with van der Waals surface area (Å²) < 4.78 is 59.7. The van der Waals surface area contributed by atoms with E-state index >= 15 is 0 Å². The lowest BCUT2D eigenvalue weighted by Crippen LogP contribution is -2.26. The van der Waals surface area contributed by atoms with Crippen LogP contribution >= 0.6 is 11.8 Å². The van der Waals surface area contributed by atoms with E-state index in [2.05, 4.69) is 5.32 Å². The monoisotopic (exact) mass is 492 g/mol. The van der Waals surface area contributed by atoms with Crippen molar-refractivity contribution in [2.45, 2.75) is 23.5 Å². The first-order valence-corrected chi connectivity index (χ1v) is 11.0. The smallest absolute Gasteiger partial charge is 0.255 e. The number of ether oxygens (including phenoxy) is 1. The topological polar surface area (TPSA) is 67.4 Å². The van der Waals surface area contributed by atoms with Crippen molar-refractivity contribution in [3.63, 3.8) is 0 Å². The Morgan fingerprint density at radius 2 is 1.59 bits per heavy atom. The van der Waals surface area contributed by atoms with E-state index in [0.717, 1.165) is 11.8 Å². The Labute approximate surface area is 197 Å². The molecule has 0 saturated heterocycles. The van der Waals surface area contributed by atoms with Crippen molar-refractivity contribution in [2.75, 3.05) is 17.7 Å². The predicted octanol–water partition coefficient (Wildman–Crippen LogP) is 6.01. The minimum Gasteiger partial charge on any atom is -0.497 e. The molecule has 0 aromatic heterocycles. The standard InChI is InChI=1S/C24H20F4N2O3S/c1-3-19(24(32)30-22-20(27)17(25)12-18(26)21(22)28)34-16-6-4-5-14(11-16)29-23(31)13-7-9-15(33-2)10-8-13/h4-12,19H,3H2,1-2H3,(H,29,31)(H,30,32). The number of methoxy groups -OCH3 is 1. The summed E-state index contributed by atoms with van der Waals surface area (Å²) in [6, 6.07) is 13.2. The average molecular weight is 492 g/mol. The van der Waals surface area contributed by atoms with Crippen LogP contribution in [0.25, 0.3) is 0 Å². The second kappa shape index (κ2) is 11.1. The SMILES string of the molecule is CCC(Sc1cccc(NC(=O)c2ccc(OC)cc2)c1)C(=O)Nc1c(F)c(F)cc(F)c1F. The third-order valence-electron chi connectivity index (χ3n) is 4.75. The van der Waals surface area contributed by atoms with Gasteiger partial charge in [0, 0.05) is 22.2 Å². The first-order valence-electron chi connectivity index (χ1n) is 10.1. The van der Waals surface area contributed by atoms with E-state index in [-0.39, 0.29) is 18.4 Å². The highest BCUT2D eigenvalue weighted by atomic mass is 32.2. The van der Waals surface area contributed by atoms with E-state index in [0.29, 0.717) is 21.9 Å². The van der Waals surface area contributed by atoms with Crippen molar-refractivity contribution < 1.29 is 31.9 Å². The Morgan fingerprint density at radius 3 is 2.18 bits per heavy atom. The maximum absolute atomic E-state index is 13.9. The molecule has 10 heteroatoms. The molecule has 3 aromatic rings. The fraction of sp³-hybridized carbons (Fsp3) is 0.167. The molecule has 178 valence electrons. The van der Waals surface area contributed by atoms with E-state index < -0.39 is 40.1 Å². The van der Waals surface area contributed by atoms with Gasteiger partial charge >= 0.3 is 0 Å².